The molecule has 1 aliphatic carbocycles. The largest absolute Gasteiger partial charge is 0.357 e. The molecule has 2 aromatic carbocycles. The van der Waals surface area contributed by atoms with E-state index in [-0.39, 0.29) is 35.2 Å². The minimum atomic E-state index is -0.121. The molecule has 1 heterocycles. The Bertz CT molecular complexity index is 1060. The Morgan fingerprint density at radius 2 is 1.91 bits per heavy atom. The van der Waals surface area contributed by atoms with Gasteiger partial charge in [0.1, 0.15) is 11.6 Å². The van der Waals surface area contributed by atoms with E-state index in [0.29, 0.717) is 13.1 Å². The molecule has 0 spiro atoms. The average Bonchev–Trinajstić information content (AvgIpc) is 3.46. The number of nitrogens with one attached hydrogen (secondary N) is 2. The summed E-state index contributed by atoms with van der Waals surface area (Å²) in [7, 11) is 0. The SMILES string of the molecule is CCNC(=NCc1cccc(Cn2ccnc2C)c1)NCC1(c2ccccc2F)CC1.I. The van der Waals surface area contributed by atoms with E-state index >= 15 is 0 Å². The van der Waals surface area contributed by atoms with E-state index in [4.69, 9.17) is 4.99 Å². The van der Waals surface area contributed by atoms with Crippen molar-refractivity contribution in [2.45, 2.75) is 45.2 Å². The normalized spacial score (nSPS) is 14.5. The van der Waals surface area contributed by atoms with Gasteiger partial charge in [0, 0.05) is 37.4 Å². The Hall–Kier alpha value is -2.42. The topological polar surface area (TPSA) is 54.2 Å². The summed E-state index contributed by atoms with van der Waals surface area (Å²) in [5.74, 6) is 1.65. The molecule has 0 atom stereocenters. The highest BCUT2D eigenvalue weighted by molar-refractivity contribution is 14.0. The molecule has 0 amide bonds. The smallest absolute Gasteiger partial charge is 0.191 e. The molecule has 170 valence electrons. The van der Waals surface area contributed by atoms with Gasteiger partial charge in [-0.15, -0.1) is 24.0 Å². The molecule has 0 saturated heterocycles. The number of aromatic nitrogens is 2. The number of rotatable bonds is 8. The quantitative estimate of drug-likeness (QED) is 0.243. The average molecular weight is 547 g/mol. The van der Waals surface area contributed by atoms with Crippen molar-refractivity contribution in [2.24, 2.45) is 4.99 Å². The van der Waals surface area contributed by atoms with Crippen molar-refractivity contribution in [1.29, 1.82) is 0 Å². The lowest BCUT2D eigenvalue weighted by molar-refractivity contribution is 0.559. The molecule has 2 N–H and O–H groups in total. The highest BCUT2D eigenvalue weighted by Gasteiger charge is 2.45. The number of guanidine groups is 1. The Morgan fingerprint density at radius 3 is 2.59 bits per heavy atom. The number of hydrogen-bond donors (Lipinski definition) is 2. The number of aliphatic imine (C=N–C) groups is 1. The summed E-state index contributed by atoms with van der Waals surface area (Å²) in [6.45, 7) is 6.90. The zero-order valence-electron chi connectivity index (χ0n) is 18.6. The Balaban J connectivity index is 0.00000289. The molecule has 0 bridgehead atoms. The maximum absolute atomic E-state index is 14.3. The second kappa shape index (κ2) is 10.9. The van der Waals surface area contributed by atoms with Gasteiger partial charge in [-0.1, -0.05) is 42.5 Å². The standard InChI is InChI=1S/C25H30FN5.HI/c1-3-27-24(30-18-25(11-12-25)22-9-4-5-10-23(22)26)29-16-20-7-6-8-21(15-20)17-31-14-13-28-19(31)2;/h4-10,13-15H,3,11-12,16-18H2,1-2H3,(H2,27,29,30);1H. The molecule has 1 saturated carbocycles. The third-order valence-electron chi connectivity index (χ3n) is 5.92. The van der Waals surface area contributed by atoms with E-state index in [1.807, 2.05) is 31.5 Å². The summed E-state index contributed by atoms with van der Waals surface area (Å²) in [6, 6.07) is 15.6. The number of imidazole rings is 1. The first-order valence-corrected chi connectivity index (χ1v) is 10.9. The second-order valence-corrected chi connectivity index (χ2v) is 8.23. The van der Waals surface area contributed by atoms with Crippen LogP contribution in [0.4, 0.5) is 4.39 Å². The van der Waals surface area contributed by atoms with Crippen molar-refractivity contribution in [2.75, 3.05) is 13.1 Å². The fraction of sp³-hybridized carbons (Fsp3) is 0.360. The maximum atomic E-state index is 14.3. The van der Waals surface area contributed by atoms with E-state index in [0.717, 1.165) is 48.8 Å². The van der Waals surface area contributed by atoms with Crippen molar-refractivity contribution in [3.05, 3.63) is 89.3 Å². The molecule has 7 heteroatoms. The molecule has 1 aromatic heterocycles. The molecular formula is C25H31FIN5. The molecule has 5 nitrogen and oxygen atoms in total. The zero-order chi connectivity index (χ0) is 21.7. The predicted molar refractivity (Wildman–Crippen MR) is 138 cm³/mol. The first-order chi connectivity index (χ1) is 15.1. The van der Waals surface area contributed by atoms with Gasteiger partial charge in [-0.3, -0.25) is 0 Å². The van der Waals surface area contributed by atoms with Crippen LogP contribution in [-0.2, 0) is 18.5 Å². The lowest BCUT2D eigenvalue weighted by Gasteiger charge is -2.19. The highest BCUT2D eigenvalue weighted by Crippen LogP contribution is 2.48. The van der Waals surface area contributed by atoms with Crippen LogP contribution in [0.15, 0.2) is 65.9 Å². The fourth-order valence-electron chi connectivity index (χ4n) is 3.94. The van der Waals surface area contributed by atoms with Gasteiger partial charge < -0.3 is 15.2 Å². The fourth-order valence-corrected chi connectivity index (χ4v) is 3.94. The van der Waals surface area contributed by atoms with Crippen molar-refractivity contribution in [3.63, 3.8) is 0 Å². The van der Waals surface area contributed by atoms with Gasteiger partial charge in [0.05, 0.1) is 6.54 Å². The molecule has 32 heavy (non-hydrogen) atoms. The van der Waals surface area contributed by atoms with Crippen LogP contribution < -0.4 is 10.6 Å². The monoisotopic (exact) mass is 547 g/mol. The zero-order valence-corrected chi connectivity index (χ0v) is 21.0. The van der Waals surface area contributed by atoms with Gasteiger partial charge in [0.25, 0.3) is 0 Å². The van der Waals surface area contributed by atoms with Gasteiger partial charge in [-0.05, 0) is 49.4 Å². The first kappa shape index (κ1) is 24.2. The van der Waals surface area contributed by atoms with Gasteiger partial charge in [-0.2, -0.15) is 0 Å². The van der Waals surface area contributed by atoms with Gasteiger partial charge in [0.2, 0.25) is 0 Å². The summed E-state index contributed by atoms with van der Waals surface area (Å²) >= 11 is 0. The summed E-state index contributed by atoms with van der Waals surface area (Å²) < 4.78 is 16.4. The van der Waals surface area contributed by atoms with E-state index < -0.39 is 0 Å². The maximum Gasteiger partial charge on any atom is 0.191 e. The third kappa shape index (κ3) is 5.88. The van der Waals surface area contributed by atoms with Crippen molar-refractivity contribution >= 4 is 29.9 Å². The van der Waals surface area contributed by atoms with Crippen molar-refractivity contribution in [3.8, 4) is 0 Å². The minimum absolute atomic E-state index is 0. The first-order valence-electron chi connectivity index (χ1n) is 10.9. The Kier molecular flexibility index (Phi) is 8.28. The van der Waals surface area contributed by atoms with Crippen LogP contribution in [0.1, 0.15) is 42.3 Å². The number of aryl methyl sites for hydroxylation is 1. The molecule has 0 unspecified atom stereocenters. The number of benzene rings is 2. The summed E-state index contributed by atoms with van der Waals surface area (Å²) in [5, 5.41) is 6.75. The van der Waals surface area contributed by atoms with Gasteiger partial charge in [0.15, 0.2) is 5.96 Å². The van der Waals surface area contributed by atoms with E-state index in [1.165, 1.54) is 5.56 Å². The third-order valence-corrected chi connectivity index (χ3v) is 5.92. The lowest BCUT2D eigenvalue weighted by Crippen LogP contribution is -2.41. The number of halogens is 2. The molecule has 1 fully saturated rings. The van der Waals surface area contributed by atoms with Crippen LogP contribution in [0.5, 0.6) is 0 Å². The van der Waals surface area contributed by atoms with Crippen molar-refractivity contribution < 1.29 is 4.39 Å². The number of hydrogen-bond acceptors (Lipinski definition) is 2. The van der Waals surface area contributed by atoms with E-state index in [1.54, 1.807) is 12.1 Å². The van der Waals surface area contributed by atoms with Crippen LogP contribution in [0.3, 0.4) is 0 Å². The Labute approximate surface area is 206 Å². The van der Waals surface area contributed by atoms with Crippen LogP contribution in [0.2, 0.25) is 0 Å². The van der Waals surface area contributed by atoms with Gasteiger partial charge in [-0.25, -0.2) is 14.4 Å². The van der Waals surface area contributed by atoms with Crippen LogP contribution in [0.25, 0.3) is 0 Å². The predicted octanol–water partition coefficient (Wildman–Crippen LogP) is 4.78. The Morgan fingerprint density at radius 1 is 1.12 bits per heavy atom. The van der Waals surface area contributed by atoms with Crippen molar-refractivity contribution in [1.82, 2.24) is 20.2 Å². The highest BCUT2D eigenvalue weighted by atomic mass is 127. The molecule has 1 aliphatic rings. The second-order valence-electron chi connectivity index (χ2n) is 8.23. The summed E-state index contributed by atoms with van der Waals surface area (Å²) in [6.07, 6.45) is 5.81. The summed E-state index contributed by atoms with van der Waals surface area (Å²) in [4.78, 5) is 9.06. The van der Waals surface area contributed by atoms with E-state index in [9.17, 15) is 4.39 Å². The van der Waals surface area contributed by atoms with Crippen LogP contribution >= 0.6 is 24.0 Å². The molecule has 4 rings (SSSR count). The van der Waals surface area contributed by atoms with Crippen LogP contribution in [0, 0.1) is 12.7 Å². The minimum Gasteiger partial charge on any atom is -0.357 e. The molecule has 0 aliphatic heterocycles. The lowest BCUT2D eigenvalue weighted by atomic mass is 9.95. The van der Waals surface area contributed by atoms with E-state index in [2.05, 4.69) is 51.4 Å². The van der Waals surface area contributed by atoms with Crippen LogP contribution in [-0.4, -0.2) is 28.6 Å². The summed E-state index contributed by atoms with van der Waals surface area (Å²) in [5.41, 5.74) is 3.07. The number of nitrogens with zero attached hydrogens (tertiary/aromatic N) is 3. The van der Waals surface area contributed by atoms with Gasteiger partial charge >= 0.3 is 0 Å². The molecule has 0 radical (unpaired) electrons. The molecule has 3 aromatic rings. The molecular weight excluding hydrogens is 516 g/mol.